The molecule has 0 aromatic heterocycles. The van der Waals surface area contributed by atoms with Gasteiger partial charge in [-0.2, -0.15) is 0 Å². The minimum atomic E-state index is -3.45. The van der Waals surface area contributed by atoms with Crippen LogP contribution in [-0.4, -0.2) is 28.1 Å². The third-order valence-corrected chi connectivity index (χ3v) is 6.45. The maximum atomic E-state index is 12.4. The number of hydrogen-bond donors (Lipinski definition) is 1. The second-order valence-corrected chi connectivity index (χ2v) is 9.00. The first-order valence-corrected chi connectivity index (χ1v) is 10.9. The second kappa shape index (κ2) is 8.23. The van der Waals surface area contributed by atoms with Gasteiger partial charge in [0.05, 0.1) is 4.90 Å². The van der Waals surface area contributed by atoms with E-state index in [1.165, 1.54) is 18.5 Å². The number of nitrogens with one attached hydrogen (secondary N) is 1. The Morgan fingerprint density at radius 3 is 2.15 bits per heavy atom. The molecule has 1 heterocycles. The molecule has 0 atom stereocenters. The fraction of sp³-hybridized carbons (Fsp3) is 0.429. The molecule has 1 N–H and O–H groups in total. The molecule has 0 amide bonds. The van der Waals surface area contributed by atoms with Crippen molar-refractivity contribution in [3.8, 4) is 0 Å². The average molecular weight is 373 g/mol. The summed E-state index contributed by atoms with van der Waals surface area (Å²) in [4.78, 5) is 2.72. The van der Waals surface area contributed by atoms with Gasteiger partial charge in [-0.05, 0) is 60.6 Å². The Morgan fingerprint density at radius 1 is 0.962 bits per heavy atom. The molecule has 1 aliphatic rings. The van der Waals surface area contributed by atoms with Crippen LogP contribution < -0.4 is 9.62 Å². The van der Waals surface area contributed by atoms with Gasteiger partial charge in [0, 0.05) is 25.3 Å². The summed E-state index contributed by atoms with van der Waals surface area (Å²) in [5.41, 5.74) is 3.55. The van der Waals surface area contributed by atoms with E-state index in [0.29, 0.717) is 23.8 Å². The Morgan fingerprint density at radius 2 is 1.58 bits per heavy atom. The lowest BCUT2D eigenvalue weighted by atomic mass is 10.0. The first-order chi connectivity index (χ1) is 12.5. The molecular weight excluding hydrogens is 344 g/mol. The Hall–Kier alpha value is -1.85. The molecule has 140 valence electrons. The van der Waals surface area contributed by atoms with Gasteiger partial charge in [-0.25, -0.2) is 13.1 Å². The van der Waals surface area contributed by atoms with Crippen molar-refractivity contribution >= 4 is 15.7 Å². The van der Waals surface area contributed by atoms with Gasteiger partial charge < -0.3 is 4.90 Å². The van der Waals surface area contributed by atoms with Gasteiger partial charge in [0.15, 0.2) is 0 Å². The number of nitrogens with zero attached hydrogens (tertiary/aromatic N) is 1. The third kappa shape index (κ3) is 4.65. The molecule has 0 bridgehead atoms. The minimum Gasteiger partial charge on any atom is -0.372 e. The van der Waals surface area contributed by atoms with Crippen LogP contribution in [0.2, 0.25) is 0 Å². The number of rotatable bonds is 7. The minimum absolute atomic E-state index is 0.325. The topological polar surface area (TPSA) is 49.4 Å². The van der Waals surface area contributed by atoms with Crippen LogP contribution in [-0.2, 0) is 16.4 Å². The summed E-state index contributed by atoms with van der Waals surface area (Å²) >= 11 is 0. The predicted molar refractivity (Wildman–Crippen MR) is 107 cm³/mol. The van der Waals surface area contributed by atoms with Crippen LogP contribution in [0.1, 0.15) is 43.7 Å². The van der Waals surface area contributed by atoms with Gasteiger partial charge >= 0.3 is 0 Å². The van der Waals surface area contributed by atoms with Gasteiger partial charge in [-0.3, -0.25) is 0 Å². The lowest BCUT2D eigenvalue weighted by Gasteiger charge is -2.17. The Balaban J connectivity index is 1.54. The molecule has 1 aliphatic heterocycles. The molecule has 0 radical (unpaired) electrons. The number of anilines is 1. The summed E-state index contributed by atoms with van der Waals surface area (Å²) < 4.78 is 27.5. The zero-order valence-electron chi connectivity index (χ0n) is 15.6. The molecule has 0 unspecified atom stereocenters. The molecule has 26 heavy (non-hydrogen) atoms. The fourth-order valence-corrected chi connectivity index (χ4v) is 4.33. The Kier molecular flexibility index (Phi) is 5.99. The van der Waals surface area contributed by atoms with Gasteiger partial charge in [-0.1, -0.05) is 38.1 Å². The van der Waals surface area contributed by atoms with Gasteiger partial charge in [-0.15, -0.1) is 0 Å². The molecule has 0 spiro atoms. The smallest absolute Gasteiger partial charge is 0.240 e. The summed E-state index contributed by atoms with van der Waals surface area (Å²) in [6.45, 7) is 6.86. The molecule has 3 rings (SSSR count). The zero-order chi connectivity index (χ0) is 18.6. The highest BCUT2D eigenvalue weighted by Gasteiger charge is 2.14. The van der Waals surface area contributed by atoms with Crippen LogP contribution in [0.25, 0.3) is 0 Å². The molecule has 1 saturated heterocycles. The average Bonchev–Trinajstić information content (AvgIpc) is 3.17. The predicted octanol–water partition coefficient (Wildman–Crippen LogP) is 3.93. The van der Waals surface area contributed by atoms with E-state index in [4.69, 9.17) is 0 Å². The van der Waals surface area contributed by atoms with Gasteiger partial charge in [0.1, 0.15) is 0 Å². The number of hydrogen-bond acceptors (Lipinski definition) is 3. The standard InChI is InChI=1S/C21H28N2O2S/c1-17(2)19-7-11-21(12-8-19)26(24,25)22-14-13-18-5-9-20(10-6-18)23-15-3-4-16-23/h5-12,17,22H,3-4,13-16H2,1-2H3. The van der Waals surface area contributed by atoms with Crippen molar-refractivity contribution in [3.05, 3.63) is 59.7 Å². The molecular formula is C21H28N2O2S. The van der Waals surface area contributed by atoms with E-state index in [2.05, 4.69) is 47.7 Å². The highest BCUT2D eigenvalue weighted by atomic mass is 32.2. The summed E-state index contributed by atoms with van der Waals surface area (Å²) in [5.74, 6) is 0.392. The summed E-state index contributed by atoms with van der Waals surface area (Å²) in [6, 6.07) is 15.6. The third-order valence-electron chi connectivity index (χ3n) is 4.97. The van der Waals surface area contributed by atoms with Crippen molar-refractivity contribution in [1.29, 1.82) is 0 Å². The molecule has 4 nitrogen and oxygen atoms in total. The van der Waals surface area contributed by atoms with Crippen molar-refractivity contribution in [3.63, 3.8) is 0 Å². The van der Waals surface area contributed by atoms with E-state index in [0.717, 1.165) is 24.2 Å². The van der Waals surface area contributed by atoms with E-state index < -0.39 is 10.0 Å². The van der Waals surface area contributed by atoms with Crippen LogP contribution in [0, 0.1) is 0 Å². The highest BCUT2D eigenvalue weighted by molar-refractivity contribution is 7.89. The quantitative estimate of drug-likeness (QED) is 0.801. The van der Waals surface area contributed by atoms with Crippen LogP contribution in [0.15, 0.2) is 53.4 Å². The van der Waals surface area contributed by atoms with Crippen molar-refractivity contribution < 1.29 is 8.42 Å². The van der Waals surface area contributed by atoms with Crippen molar-refractivity contribution in [2.75, 3.05) is 24.5 Å². The normalized spacial score (nSPS) is 15.0. The van der Waals surface area contributed by atoms with Crippen LogP contribution in [0.4, 0.5) is 5.69 Å². The van der Waals surface area contributed by atoms with Crippen LogP contribution in [0.5, 0.6) is 0 Å². The van der Waals surface area contributed by atoms with Crippen molar-refractivity contribution in [2.24, 2.45) is 0 Å². The number of benzene rings is 2. The molecule has 0 saturated carbocycles. The van der Waals surface area contributed by atoms with Gasteiger partial charge in [0.25, 0.3) is 0 Å². The van der Waals surface area contributed by atoms with E-state index in [1.54, 1.807) is 12.1 Å². The maximum absolute atomic E-state index is 12.4. The van der Waals surface area contributed by atoms with Crippen molar-refractivity contribution in [1.82, 2.24) is 4.72 Å². The largest absolute Gasteiger partial charge is 0.372 e. The monoisotopic (exact) mass is 372 g/mol. The summed E-state index contributed by atoms with van der Waals surface area (Å²) in [6.07, 6.45) is 3.22. The van der Waals surface area contributed by atoms with Crippen LogP contribution in [0.3, 0.4) is 0 Å². The highest BCUT2D eigenvalue weighted by Crippen LogP contribution is 2.21. The maximum Gasteiger partial charge on any atom is 0.240 e. The fourth-order valence-electron chi connectivity index (χ4n) is 3.29. The molecule has 1 fully saturated rings. The SMILES string of the molecule is CC(C)c1ccc(S(=O)(=O)NCCc2ccc(N3CCCC3)cc2)cc1. The first-order valence-electron chi connectivity index (χ1n) is 9.39. The zero-order valence-corrected chi connectivity index (χ0v) is 16.4. The van der Waals surface area contributed by atoms with E-state index in [9.17, 15) is 8.42 Å². The van der Waals surface area contributed by atoms with Crippen LogP contribution >= 0.6 is 0 Å². The van der Waals surface area contributed by atoms with Crippen molar-refractivity contribution in [2.45, 2.75) is 43.9 Å². The Bertz CT molecular complexity index is 806. The molecule has 2 aromatic carbocycles. The lowest BCUT2D eigenvalue weighted by molar-refractivity contribution is 0.581. The second-order valence-electron chi connectivity index (χ2n) is 7.23. The summed E-state index contributed by atoms with van der Waals surface area (Å²) in [5, 5.41) is 0. The molecule has 5 heteroatoms. The summed E-state index contributed by atoms with van der Waals surface area (Å²) in [7, 11) is -3.45. The van der Waals surface area contributed by atoms with E-state index >= 15 is 0 Å². The Labute approximate surface area is 157 Å². The first kappa shape index (κ1) is 18.9. The van der Waals surface area contributed by atoms with E-state index in [-0.39, 0.29) is 0 Å². The van der Waals surface area contributed by atoms with Gasteiger partial charge in [0.2, 0.25) is 10.0 Å². The molecule has 0 aliphatic carbocycles. The molecule has 2 aromatic rings. The number of sulfonamides is 1. The van der Waals surface area contributed by atoms with E-state index in [1.807, 2.05) is 12.1 Å². The lowest BCUT2D eigenvalue weighted by Crippen LogP contribution is -2.26.